The van der Waals surface area contributed by atoms with Crippen LogP contribution in [0.4, 0.5) is 0 Å². The molecular formula is C11H14O3. The fourth-order valence-electron chi connectivity index (χ4n) is 1.52. The average Bonchev–Trinajstić information content (AvgIpc) is 2.18. The van der Waals surface area contributed by atoms with Gasteiger partial charge in [0.2, 0.25) is 0 Å². The van der Waals surface area contributed by atoms with Crippen LogP contribution >= 0.6 is 0 Å². The van der Waals surface area contributed by atoms with E-state index in [0.29, 0.717) is 12.8 Å². The minimum atomic E-state index is -0.570. The number of carbonyl (C=O) groups excluding carboxylic acids is 2. The molecule has 0 aromatic heterocycles. The van der Waals surface area contributed by atoms with Crippen molar-refractivity contribution in [2.45, 2.75) is 38.7 Å². The zero-order chi connectivity index (χ0) is 10.6. The number of ketones is 1. The third-order valence-electron chi connectivity index (χ3n) is 2.37. The summed E-state index contributed by atoms with van der Waals surface area (Å²) >= 11 is 0. The highest BCUT2D eigenvalue weighted by Crippen LogP contribution is 2.22. The molecule has 0 N–H and O–H groups in total. The molecule has 0 radical (unpaired) electrons. The smallest absolute Gasteiger partial charge is 0.317 e. The Balaban J connectivity index is 2.51. The number of hydrogen-bond acceptors (Lipinski definition) is 3. The van der Waals surface area contributed by atoms with E-state index in [1.807, 2.05) is 0 Å². The van der Waals surface area contributed by atoms with Gasteiger partial charge in [-0.2, -0.15) is 0 Å². The molecule has 1 aliphatic rings. The van der Waals surface area contributed by atoms with Crippen LogP contribution in [0.3, 0.4) is 0 Å². The van der Waals surface area contributed by atoms with Crippen LogP contribution < -0.4 is 0 Å². The van der Waals surface area contributed by atoms with Crippen molar-refractivity contribution in [3.63, 3.8) is 0 Å². The quantitative estimate of drug-likeness (QED) is 0.378. The highest BCUT2D eigenvalue weighted by atomic mass is 16.5. The third-order valence-corrected chi connectivity index (χ3v) is 2.37. The summed E-state index contributed by atoms with van der Waals surface area (Å²) in [6, 6.07) is 0. The highest BCUT2D eigenvalue weighted by molar-refractivity contribution is 5.99. The molecule has 3 nitrogen and oxygen atoms in total. The van der Waals surface area contributed by atoms with Crippen molar-refractivity contribution in [1.29, 1.82) is 0 Å². The van der Waals surface area contributed by atoms with Crippen molar-refractivity contribution in [3.05, 3.63) is 0 Å². The fraction of sp³-hybridized carbons (Fsp3) is 0.636. The van der Waals surface area contributed by atoms with Crippen LogP contribution in [0, 0.1) is 18.3 Å². The maximum absolute atomic E-state index is 11.4. The Morgan fingerprint density at radius 3 is 2.93 bits per heavy atom. The van der Waals surface area contributed by atoms with Crippen LogP contribution in [0.15, 0.2) is 0 Å². The molecule has 0 saturated heterocycles. The standard InChI is InChI=1S/C11H14O3/c1-3-8(2)14-11(13)9-6-4-5-7-10(9)12/h1,8-9H,4-7H2,2H3. The van der Waals surface area contributed by atoms with E-state index >= 15 is 0 Å². The van der Waals surface area contributed by atoms with Crippen molar-refractivity contribution in [1.82, 2.24) is 0 Å². The van der Waals surface area contributed by atoms with E-state index in [4.69, 9.17) is 11.2 Å². The van der Waals surface area contributed by atoms with Gasteiger partial charge in [0.25, 0.3) is 0 Å². The van der Waals surface area contributed by atoms with E-state index in [2.05, 4.69) is 5.92 Å². The third kappa shape index (κ3) is 2.59. The van der Waals surface area contributed by atoms with Gasteiger partial charge in [0.05, 0.1) is 0 Å². The summed E-state index contributed by atoms with van der Waals surface area (Å²) in [7, 11) is 0. The van der Waals surface area contributed by atoms with Crippen LogP contribution in [-0.4, -0.2) is 17.9 Å². The lowest BCUT2D eigenvalue weighted by Gasteiger charge is -2.19. The first kappa shape index (κ1) is 10.8. The molecule has 76 valence electrons. The number of esters is 1. The lowest BCUT2D eigenvalue weighted by atomic mass is 9.88. The molecule has 3 heteroatoms. The van der Waals surface area contributed by atoms with E-state index in [0.717, 1.165) is 12.8 Å². The van der Waals surface area contributed by atoms with Gasteiger partial charge >= 0.3 is 5.97 Å². The molecule has 1 saturated carbocycles. The Kier molecular flexibility index (Phi) is 3.70. The summed E-state index contributed by atoms with van der Waals surface area (Å²) in [6.07, 6.45) is 7.42. The average molecular weight is 194 g/mol. The first-order valence-corrected chi connectivity index (χ1v) is 4.84. The van der Waals surface area contributed by atoms with Gasteiger partial charge in [-0.15, -0.1) is 6.42 Å². The summed E-state index contributed by atoms with van der Waals surface area (Å²) in [5, 5.41) is 0. The Hall–Kier alpha value is -1.30. The maximum atomic E-state index is 11.4. The summed E-state index contributed by atoms with van der Waals surface area (Å²) in [5.41, 5.74) is 0. The van der Waals surface area contributed by atoms with Crippen molar-refractivity contribution in [2.75, 3.05) is 0 Å². The van der Waals surface area contributed by atoms with Gasteiger partial charge in [-0.3, -0.25) is 9.59 Å². The second kappa shape index (κ2) is 4.80. The van der Waals surface area contributed by atoms with E-state index in [1.54, 1.807) is 6.92 Å². The lowest BCUT2D eigenvalue weighted by Crippen LogP contribution is -2.30. The van der Waals surface area contributed by atoms with E-state index in [9.17, 15) is 9.59 Å². The predicted octanol–water partition coefficient (Wildman–Crippen LogP) is 1.31. The molecule has 0 aromatic rings. The Morgan fingerprint density at radius 1 is 1.64 bits per heavy atom. The molecule has 0 amide bonds. The number of carbonyl (C=O) groups is 2. The summed E-state index contributed by atoms with van der Waals surface area (Å²) in [4.78, 5) is 22.8. The minimum Gasteiger partial charge on any atom is -0.449 e. The highest BCUT2D eigenvalue weighted by Gasteiger charge is 2.30. The second-order valence-corrected chi connectivity index (χ2v) is 3.51. The number of ether oxygens (including phenoxy) is 1. The Morgan fingerprint density at radius 2 is 2.36 bits per heavy atom. The van der Waals surface area contributed by atoms with Gasteiger partial charge in [-0.05, 0) is 19.8 Å². The normalized spacial score (nSPS) is 23.7. The van der Waals surface area contributed by atoms with Crippen LogP contribution in [0.25, 0.3) is 0 Å². The molecule has 0 bridgehead atoms. The molecule has 1 aliphatic carbocycles. The van der Waals surface area contributed by atoms with Crippen LogP contribution in [0.5, 0.6) is 0 Å². The van der Waals surface area contributed by atoms with Crippen LogP contribution in [0.1, 0.15) is 32.6 Å². The van der Waals surface area contributed by atoms with E-state index < -0.39 is 18.0 Å². The topological polar surface area (TPSA) is 43.4 Å². The molecule has 2 unspecified atom stereocenters. The van der Waals surface area contributed by atoms with Gasteiger partial charge in [0, 0.05) is 6.42 Å². The minimum absolute atomic E-state index is 0.00882. The molecule has 14 heavy (non-hydrogen) atoms. The van der Waals surface area contributed by atoms with Crippen molar-refractivity contribution >= 4 is 11.8 Å². The largest absolute Gasteiger partial charge is 0.449 e. The molecule has 0 aliphatic heterocycles. The zero-order valence-electron chi connectivity index (χ0n) is 8.29. The number of hydrogen-bond donors (Lipinski definition) is 0. The molecule has 2 atom stereocenters. The van der Waals surface area contributed by atoms with Gasteiger partial charge in [-0.1, -0.05) is 12.3 Å². The van der Waals surface area contributed by atoms with Gasteiger partial charge < -0.3 is 4.74 Å². The van der Waals surface area contributed by atoms with Crippen molar-refractivity contribution in [2.24, 2.45) is 5.92 Å². The number of Topliss-reactive ketones (excluding diaryl/α,β-unsaturated/α-hetero) is 1. The lowest BCUT2D eigenvalue weighted by molar-refractivity contribution is -0.155. The van der Waals surface area contributed by atoms with Crippen molar-refractivity contribution < 1.29 is 14.3 Å². The number of terminal acetylenes is 1. The maximum Gasteiger partial charge on any atom is 0.317 e. The summed E-state index contributed by atoms with van der Waals surface area (Å²) in [5.74, 6) is 1.26. The summed E-state index contributed by atoms with van der Waals surface area (Å²) in [6.45, 7) is 1.62. The van der Waals surface area contributed by atoms with E-state index in [1.165, 1.54) is 0 Å². The number of rotatable bonds is 2. The molecule has 1 fully saturated rings. The Bertz CT molecular complexity index is 275. The molecule has 0 spiro atoms. The summed E-state index contributed by atoms with van der Waals surface area (Å²) < 4.78 is 4.91. The first-order chi connectivity index (χ1) is 6.65. The monoisotopic (exact) mass is 194 g/mol. The van der Waals surface area contributed by atoms with Gasteiger partial charge in [0.1, 0.15) is 11.7 Å². The first-order valence-electron chi connectivity index (χ1n) is 4.84. The van der Waals surface area contributed by atoms with Gasteiger partial charge in [-0.25, -0.2) is 0 Å². The zero-order valence-corrected chi connectivity index (χ0v) is 8.29. The molecule has 0 heterocycles. The molecular weight excluding hydrogens is 180 g/mol. The fourth-order valence-corrected chi connectivity index (χ4v) is 1.52. The molecule has 0 aromatic carbocycles. The predicted molar refractivity (Wildman–Crippen MR) is 51.4 cm³/mol. The van der Waals surface area contributed by atoms with Crippen LogP contribution in [0.2, 0.25) is 0 Å². The van der Waals surface area contributed by atoms with E-state index in [-0.39, 0.29) is 5.78 Å². The molecule has 1 rings (SSSR count). The van der Waals surface area contributed by atoms with Crippen molar-refractivity contribution in [3.8, 4) is 12.3 Å². The Labute approximate surface area is 83.8 Å². The van der Waals surface area contributed by atoms with Gasteiger partial charge in [0.15, 0.2) is 6.10 Å². The van der Waals surface area contributed by atoms with Crippen LogP contribution in [-0.2, 0) is 14.3 Å². The SMILES string of the molecule is C#CC(C)OC(=O)C1CCCCC1=O. The second-order valence-electron chi connectivity index (χ2n) is 3.51.